The van der Waals surface area contributed by atoms with Crippen LogP contribution in [0.1, 0.15) is 32.2 Å². The molecule has 2 atom stereocenters. The fraction of sp³-hybridized carbons (Fsp3) is 0.615. The molecule has 20 heavy (non-hydrogen) atoms. The lowest BCUT2D eigenvalue weighted by atomic mass is 10.2. The topological polar surface area (TPSA) is 72.5 Å². The van der Waals surface area contributed by atoms with E-state index in [0.29, 0.717) is 17.7 Å². The number of hydrogen-bond acceptors (Lipinski definition) is 5. The molecule has 1 heterocycles. The lowest BCUT2D eigenvalue weighted by molar-refractivity contribution is -0.894. The van der Waals surface area contributed by atoms with Crippen molar-refractivity contribution in [3.8, 4) is 0 Å². The fourth-order valence-corrected chi connectivity index (χ4v) is 2.47. The van der Waals surface area contributed by atoms with Gasteiger partial charge in [-0.3, -0.25) is 4.79 Å². The van der Waals surface area contributed by atoms with Crippen molar-refractivity contribution in [1.29, 1.82) is 0 Å². The average molecular weight is 299 g/mol. The van der Waals surface area contributed by atoms with E-state index in [1.165, 1.54) is 16.7 Å². The van der Waals surface area contributed by atoms with E-state index in [-0.39, 0.29) is 17.2 Å². The first-order chi connectivity index (χ1) is 9.49. The highest BCUT2D eigenvalue weighted by molar-refractivity contribution is 8.00. The number of carbonyl (C=O) groups is 1. The molecule has 1 amide bonds. The number of thioether (sulfide) groups is 1. The highest BCUT2D eigenvalue weighted by atomic mass is 32.2. The second kappa shape index (κ2) is 8.06. The summed E-state index contributed by atoms with van der Waals surface area (Å²) < 4.78 is 5.64. The van der Waals surface area contributed by atoms with Crippen molar-refractivity contribution in [2.24, 2.45) is 0 Å². The lowest BCUT2D eigenvalue weighted by Gasteiger charge is -2.15. The molecule has 1 rings (SSSR count). The quantitative estimate of drug-likeness (QED) is 0.538. The molecule has 0 spiro atoms. The molecule has 0 aromatic carbocycles. The Labute approximate surface area is 124 Å². The summed E-state index contributed by atoms with van der Waals surface area (Å²) >= 11 is 1.27. The summed E-state index contributed by atoms with van der Waals surface area (Å²) in [5, 5.41) is 11.0. The Morgan fingerprint density at radius 3 is 2.80 bits per heavy atom. The molecule has 0 fully saturated rings. The van der Waals surface area contributed by atoms with Gasteiger partial charge in [0.1, 0.15) is 0 Å². The van der Waals surface area contributed by atoms with Crippen LogP contribution in [0.5, 0.6) is 0 Å². The second-order valence-corrected chi connectivity index (χ2v) is 6.03. The highest BCUT2D eigenvalue weighted by Gasteiger charge is 2.24. The van der Waals surface area contributed by atoms with Gasteiger partial charge in [-0.15, -0.1) is 16.8 Å². The number of rotatable bonds is 8. The maximum Gasteiger partial charge on any atom is 0.277 e. The van der Waals surface area contributed by atoms with Gasteiger partial charge in [-0.2, -0.15) is 0 Å². The zero-order valence-electron chi connectivity index (χ0n) is 12.5. The van der Waals surface area contributed by atoms with E-state index in [0.717, 1.165) is 6.42 Å². The summed E-state index contributed by atoms with van der Waals surface area (Å²) in [5.74, 6) is 0.550. The maximum atomic E-state index is 11.7. The van der Waals surface area contributed by atoms with Crippen molar-refractivity contribution in [1.82, 2.24) is 15.5 Å². The van der Waals surface area contributed by atoms with E-state index in [1.54, 1.807) is 6.08 Å². The van der Waals surface area contributed by atoms with E-state index in [9.17, 15) is 4.79 Å². The van der Waals surface area contributed by atoms with E-state index < -0.39 is 0 Å². The summed E-state index contributed by atoms with van der Waals surface area (Å²) in [6, 6.07) is 0.182. The number of amides is 1. The van der Waals surface area contributed by atoms with E-state index in [2.05, 4.69) is 43.1 Å². The monoisotopic (exact) mass is 299 g/mol. The number of quaternary nitrogens is 1. The molecule has 0 saturated carbocycles. The number of nitrogens with zero attached hydrogens (tertiary/aromatic N) is 2. The molecule has 1 aromatic heterocycles. The number of aromatic nitrogens is 2. The van der Waals surface area contributed by atoms with Gasteiger partial charge in [0.25, 0.3) is 11.1 Å². The first-order valence-electron chi connectivity index (χ1n) is 6.68. The first kappa shape index (κ1) is 16.7. The van der Waals surface area contributed by atoms with Gasteiger partial charge in [0, 0.05) is 13.0 Å². The van der Waals surface area contributed by atoms with Gasteiger partial charge in [0.15, 0.2) is 6.04 Å². The molecule has 1 aromatic rings. The van der Waals surface area contributed by atoms with Crippen LogP contribution in [0.2, 0.25) is 0 Å². The predicted octanol–water partition coefficient (Wildman–Crippen LogP) is 0.448. The Morgan fingerprint density at radius 1 is 1.55 bits per heavy atom. The molecule has 0 saturated heterocycles. The lowest BCUT2D eigenvalue weighted by Crippen LogP contribution is -3.06. The molecule has 0 radical (unpaired) electrons. The Hall–Kier alpha value is -1.34. The molecule has 7 heteroatoms. The molecule has 0 aliphatic carbocycles. The van der Waals surface area contributed by atoms with Crippen LogP contribution in [0.15, 0.2) is 22.3 Å². The normalized spacial score (nSPS) is 14.1. The van der Waals surface area contributed by atoms with Crippen LogP contribution in [-0.2, 0) is 4.79 Å². The van der Waals surface area contributed by atoms with Gasteiger partial charge in [0.2, 0.25) is 5.91 Å². The predicted molar refractivity (Wildman–Crippen MR) is 78.7 cm³/mol. The summed E-state index contributed by atoms with van der Waals surface area (Å²) in [4.78, 5) is 13.0. The van der Waals surface area contributed by atoms with Gasteiger partial charge in [0.05, 0.1) is 19.3 Å². The van der Waals surface area contributed by atoms with Crippen molar-refractivity contribution in [2.75, 3.05) is 20.6 Å². The Bertz CT molecular complexity index is 447. The van der Waals surface area contributed by atoms with Crippen molar-refractivity contribution in [2.45, 2.75) is 36.8 Å². The molecule has 0 aliphatic rings. The molecule has 2 N–H and O–H groups in total. The number of hydrogen-bond donors (Lipinski definition) is 2. The Kier molecular flexibility index (Phi) is 6.74. The summed E-state index contributed by atoms with van der Waals surface area (Å²) in [7, 11) is 4.10. The molecular formula is C13H23N4O2S+. The van der Waals surface area contributed by atoms with Crippen LogP contribution in [0.25, 0.3) is 0 Å². The molecule has 112 valence electrons. The standard InChI is InChI=1S/C13H22N4O2S/c1-6-8-14-11(18)9(3)20-13-16-15-12(19-13)10(7-2)17(4)5/h6,9-10H,1,7-8H2,2-5H3,(H,14,18)/p+1/t9-,10+/m0/s1. The smallest absolute Gasteiger partial charge is 0.277 e. The molecule has 0 bridgehead atoms. The molecular weight excluding hydrogens is 276 g/mol. The third-order valence-corrected chi connectivity index (χ3v) is 3.83. The SMILES string of the molecule is C=CCNC(=O)[C@H](C)Sc1nnc([C@@H](CC)[NH+](C)C)o1. The zero-order valence-corrected chi connectivity index (χ0v) is 13.3. The van der Waals surface area contributed by atoms with Crippen LogP contribution in [0.3, 0.4) is 0 Å². The third kappa shape index (κ3) is 4.64. The Balaban J connectivity index is 2.63. The highest BCUT2D eigenvalue weighted by Crippen LogP contribution is 2.23. The van der Waals surface area contributed by atoms with Gasteiger partial charge < -0.3 is 14.6 Å². The minimum absolute atomic E-state index is 0.0695. The van der Waals surface area contributed by atoms with Gasteiger partial charge >= 0.3 is 0 Å². The fourth-order valence-electron chi connectivity index (χ4n) is 1.76. The zero-order chi connectivity index (χ0) is 15.1. The van der Waals surface area contributed by atoms with Crippen LogP contribution < -0.4 is 10.2 Å². The minimum Gasteiger partial charge on any atom is -0.410 e. The van der Waals surface area contributed by atoms with Gasteiger partial charge in [-0.05, 0) is 6.92 Å². The first-order valence-corrected chi connectivity index (χ1v) is 7.56. The van der Waals surface area contributed by atoms with Crippen LogP contribution in [-0.4, -0.2) is 42.0 Å². The van der Waals surface area contributed by atoms with Gasteiger partial charge in [-0.1, -0.05) is 24.8 Å². The second-order valence-electron chi connectivity index (χ2n) is 4.74. The average Bonchev–Trinajstić information content (AvgIpc) is 2.84. The summed E-state index contributed by atoms with van der Waals surface area (Å²) in [5.41, 5.74) is 0. The summed E-state index contributed by atoms with van der Waals surface area (Å²) in [6.45, 7) is 7.91. The molecule has 0 unspecified atom stereocenters. The maximum absolute atomic E-state index is 11.7. The molecule has 6 nitrogen and oxygen atoms in total. The van der Waals surface area contributed by atoms with E-state index in [1.807, 2.05) is 6.92 Å². The van der Waals surface area contributed by atoms with Crippen molar-refractivity contribution < 1.29 is 14.1 Å². The van der Waals surface area contributed by atoms with E-state index in [4.69, 9.17) is 4.42 Å². The van der Waals surface area contributed by atoms with Crippen LogP contribution in [0.4, 0.5) is 0 Å². The number of nitrogens with one attached hydrogen (secondary N) is 2. The van der Waals surface area contributed by atoms with Crippen molar-refractivity contribution >= 4 is 17.7 Å². The van der Waals surface area contributed by atoms with Gasteiger partial charge in [-0.25, -0.2) is 0 Å². The Morgan fingerprint density at radius 2 is 2.25 bits per heavy atom. The van der Waals surface area contributed by atoms with Crippen LogP contribution >= 0.6 is 11.8 Å². The minimum atomic E-state index is -0.282. The number of carbonyl (C=O) groups excluding carboxylic acids is 1. The largest absolute Gasteiger partial charge is 0.410 e. The van der Waals surface area contributed by atoms with Crippen LogP contribution in [0, 0.1) is 0 Å². The van der Waals surface area contributed by atoms with Crippen molar-refractivity contribution in [3.05, 3.63) is 18.5 Å². The third-order valence-electron chi connectivity index (χ3n) is 2.89. The summed E-state index contributed by atoms with van der Waals surface area (Å²) in [6.07, 6.45) is 2.57. The molecule has 0 aliphatic heterocycles. The van der Waals surface area contributed by atoms with Crippen molar-refractivity contribution in [3.63, 3.8) is 0 Å². The van der Waals surface area contributed by atoms with E-state index >= 15 is 0 Å².